The topological polar surface area (TPSA) is 24.9 Å². The van der Waals surface area contributed by atoms with Crippen LogP contribution in [0.4, 0.5) is 5.69 Å². The van der Waals surface area contributed by atoms with Crippen molar-refractivity contribution in [2.45, 2.75) is 35.4 Å². The number of rotatable bonds is 0. The van der Waals surface area contributed by atoms with Gasteiger partial charge in [0.25, 0.3) is 0 Å². The van der Waals surface area contributed by atoms with E-state index in [4.69, 9.17) is 4.98 Å². The number of allylic oxidation sites excluding steroid dienone is 2. The molecule has 0 radical (unpaired) electrons. The zero-order valence-corrected chi connectivity index (χ0v) is 12.5. The molecule has 2 aromatic rings. The van der Waals surface area contributed by atoms with Crippen LogP contribution in [0.2, 0.25) is 0 Å². The molecule has 2 aliphatic carbocycles. The summed E-state index contributed by atoms with van der Waals surface area (Å²) in [6.45, 7) is 0. The third-order valence-electron chi connectivity index (χ3n) is 4.65. The van der Waals surface area contributed by atoms with Crippen LogP contribution in [-0.4, -0.2) is 16.3 Å². The first kappa shape index (κ1) is 11.9. The Morgan fingerprint density at radius 1 is 1.14 bits per heavy atom. The van der Waals surface area contributed by atoms with Crippen molar-refractivity contribution in [3.05, 3.63) is 53.8 Å². The van der Waals surface area contributed by atoms with Crippen LogP contribution < -0.4 is 5.32 Å². The quantitative estimate of drug-likeness (QED) is 0.791. The van der Waals surface area contributed by atoms with Gasteiger partial charge in [-0.25, -0.2) is 0 Å². The molecule has 2 heterocycles. The number of anilines is 1. The van der Waals surface area contributed by atoms with E-state index < -0.39 is 0 Å². The molecule has 0 saturated heterocycles. The summed E-state index contributed by atoms with van der Waals surface area (Å²) in [5, 5.41) is 5.53. The summed E-state index contributed by atoms with van der Waals surface area (Å²) in [4.78, 5) is 6.24. The van der Waals surface area contributed by atoms with Crippen LogP contribution in [0.1, 0.15) is 17.7 Å². The van der Waals surface area contributed by atoms with Crippen LogP contribution in [0, 0.1) is 0 Å². The molecule has 0 bridgehead atoms. The van der Waals surface area contributed by atoms with Gasteiger partial charge in [-0.1, -0.05) is 24.3 Å². The number of fused-ring (bicyclic) bond motifs is 5. The fourth-order valence-corrected chi connectivity index (χ4v) is 4.78. The molecule has 1 N–H and O–H groups in total. The third-order valence-corrected chi connectivity index (χ3v) is 5.96. The van der Waals surface area contributed by atoms with Crippen molar-refractivity contribution in [2.24, 2.45) is 0 Å². The summed E-state index contributed by atoms with van der Waals surface area (Å²) in [6, 6.07) is 7.18. The minimum atomic E-state index is 0.395. The number of thioether (sulfide) groups is 1. The summed E-state index contributed by atoms with van der Waals surface area (Å²) in [7, 11) is 0. The number of hydrogen-bond donors (Lipinski definition) is 1. The summed E-state index contributed by atoms with van der Waals surface area (Å²) < 4.78 is 0. The molecule has 1 aliphatic heterocycles. The van der Waals surface area contributed by atoms with Crippen LogP contribution in [-0.2, 0) is 12.8 Å². The summed E-state index contributed by atoms with van der Waals surface area (Å²) in [5.74, 6) is 0. The summed E-state index contributed by atoms with van der Waals surface area (Å²) in [6.07, 6.45) is 12.4. The van der Waals surface area contributed by atoms with Crippen LogP contribution >= 0.6 is 11.8 Å². The largest absolute Gasteiger partial charge is 0.376 e. The van der Waals surface area contributed by atoms with Gasteiger partial charge in [0.1, 0.15) is 0 Å². The lowest BCUT2D eigenvalue weighted by atomic mass is 10.0. The third kappa shape index (κ3) is 1.77. The number of nitrogens with zero attached hydrogens (tertiary/aromatic N) is 1. The lowest BCUT2D eigenvalue weighted by Gasteiger charge is -2.32. The van der Waals surface area contributed by atoms with E-state index in [1.165, 1.54) is 40.1 Å². The van der Waals surface area contributed by atoms with Gasteiger partial charge in [0, 0.05) is 16.0 Å². The summed E-state index contributed by atoms with van der Waals surface area (Å²) >= 11 is 1.96. The highest BCUT2D eigenvalue weighted by Gasteiger charge is 2.28. The predicted octanol–water partition coefficient (Wildman–Crippen LogP) is 4.10. The average Bonchev–Trinajstić information content (AvgIpc) is 2.98. The Balaban J connectivity index is 1.71. The Labute approximate surface area is 128 Å². The molecule has 1 aromatic carbocycles. The molecule has 3 heteroatoms. The molecule has 3 aliphatic rings. The molecule has 0 amide bonds. The number of nitrogens with one attached hydrogen (secondary N) is 1. The van der Waals surface area contributed by atoms with E-state index in [2.05, 4.69) is 47.8 Å². The Morgan fingerprint density at radius 2 is 2.10 bits per heavy atom. The van der Waals surface area contributed by atoms with Crippen LogP contribution in [0.15, 0.2) is 47.4 Å². The highest BCUT2D eigenvalue weighted by Crippen LogP contribution is 2.43. The normalized spacial score (nSPS) is 25.3. The minimum Gasteiger partial charge on any atom is -0.376 e. The lowest BCUT2D eigenvalue weighted by Crippen LogP contribution is -2.32. The van der Waals surface area contributed by atoms with E-state index in [1.807, 2.05) is 11.8 Å². The molecule has 2 atom stereocenters. The molecule has 21 heavy (non-hydrogen) atoms. The van der Waals surface area contributed by atoms with Crippen LogP contribution in [0.3, 0.4) is 0 Å². The molecule has 0 saturated carbocycles. The van der Waals surface area contributed by atoms with Crippen molar-refractivity contribution >= 4 is 28.4 Å². The fourth-order valence-electron chi connectivity index (χ4n) is 3.58. The van der Waals surface area contributed by atoms with Gasteiger partial charge in [-0.15, -0.1) is 11.8 Å². The van der Waals surface area contributed by atoms with E-state index in [-0.39, 0.29) is 0 Å². The van der Waals surface area contributed by atoms with Gasteiger partial charge >= 0.3 is 0 Å². The zero-order valence-electron chi connectivity index (χ0n) is 11.7. The molecule has 2 nitrogen and oxygen atoms in total. The SMILES string of the molecule is C1=CC2Nc3c(ccc4nc5c(cc34)CCC5)SC2C=C1. The minimum absolute atomic E-state index is 0.395. The van der Waals surface area contributed by atoms with Crippen molar-refractivity contribution in [2.75, 3.05) is 5.32 Å². The average molecular weight is 292 g/mol. The Bertz CT molecular complexity index is 806. The van der Waals surface area contributed by atoms with Gasteiger partial charge in [-0.3, -0.25) is 4.98 Å². The first-order valence-electron chi connectivity index (χ1n) is 7.62. The monoisotopic (exact) mass is 292 g/mol. The highest BCUT2D eigenvalue weighted by molar-refractivity contribution is 8.00. The smallest absolute Gasteiger partial charge is 0.0727 e. The van der Waals surface area contributed by atoms with Gasteiger partial charge in [0.2, 0.25) is 0 Å². The maximum Gasteiger partial charge on any atom is 0.0727 e. The highest BCUT2D eigenvalue weighted by atomic mass is 32.2. The number of benzene rings is 1. The first-order valence-corrected chi connectivity index (χ1v) is 8.50. The second-order valence-electron chi connectivity index (χ2n) is 5.98. The Kier molecular flexibility index (Phi) is 2.47. The van der Waals surface area contributed by atoms with Gasteiger partial charge < -0.3 is 5.32 Å². The number of aryl methyl sites for hydroxylation is 2. The molecule has 2 unspecified atom stereocenters. The van der Waals surface area contributed by atoms with E-state index in [9.17, 15) is 0 Å². The molecule has 0 fully saturated rings. The molecule has 104 valence electrons. The fraction of sp³-hybridized carbons (Fsp3) is 0.278. The van der Waals surface area contributed by atoms with E-state index >= 15 is 0 Å². The van der Waals surface area contributed by atoms with Crippen molar-refractivity contribution in [1.29, 1.82) is 0 Å². The van der Waals surface area contributed by atoms with Crippen molar-refractivity contribution < 1.29 is 0 Å². The maximum atomic E-state index is 4.89. The maximum absolute atomic E-state index is 4.89. The van der Waals surface area contributed by atoms with Crippen molar-refractivity contribution in [3.63, 3.8) is 0 Å². The van der Waals surface area contributed by atoms with Crippen molar-refractivity contribution in [3.8, 4) is 0 Å². The van der Waals surface area contributed by atoms with Gasteiger partial charge in [0.15, 0.2) is 0 Å². The molecule has 0 spiro atoms. The summed E-state index contributed by atoms with van der Waals surface area (Å²) in [5.41, 5.74) is 5.17. The molecule has 1 aromatic heterocycles. The van der Waals surface area contributed by atoms with E-state index in [0.29, 0.717) is 11.3 Å². The lowest BCUT2D eigenvalue weighted by molar-refractivity contribution is 0.882. The molecular weight excluding hydrogens is 276 g/mol. The second kappa shape index (κ2) is 4.38. The predicted molar refractivity (Wildman–Crippen MR) is 89.1 cm³/mol. The Morgan fingerprint density at radius 3 is 3.10 bits per heavy atom. The standard InChI is InChI=1S/C18H16N2S/c1-2-7-16-15(5-1)20-18-12-10-11-4-3-6-13(11)19-14(12)8-9-17(18)21-16/h1-2,5,7-10,15-16,20H,3-4,6H2. The van der Waals surface area contributed by atoms with Gasteiger partial charge in [-0.05, 0) is 43.0 Å². The number of aromatic nitrogens is 1. The van der Waals surface area contributed by atoms with Gasteiger partial charge in [-0.2, -0.15) is 0 Å². The second-order valence-corrected chi connectivity index (χ2v) is 7.20. The van der Waals surface area contributed by atoms with E-state index in [0.717, 1.165) is 11.9 Å². The molecule has 5 rings (SSSR count). The van der Waals surface area contributed by atoms with Crippen LogP contribution in [0.5, 0.6) is 0 Å². The van der Waals surface area contributed by atoms with Crippen molar-refractivity contribution in [1.82, 2.24) is 4.98 Å². The van der Waals surface area contributed by atoms with Crippen LogP contribution in [0.25, 0.3) is 10.9 Å². The Hall–Kier alpha value is -1.74. The van der Waals surface area contributed by atoms with E-state index in [1.54, 1.807) is 0 Å². The number of pyridine rings is 1. The molecular formula is C18H16N2S. The number of hydrogen-bond acceptors (Lipinski definition) is 3. The first-order chi connectivity index (χ1) is 10.4. The zero-order chi connectivity index (χ0) is 13.8. The van der Waals surface area contributed by atoms with Gasteiger partial charge in [0.05, 0.1) is 22.5 Å².